The molecule has 1 N–H and O–H groups in total. The van der Waals surface area contributed by atoms with Crippen LogP contribution in [-0.2, 0) is 4.79 Å². The number of rotatable bonds is 4. The van der Waals surface area contributed by atoms with Crippen molar-refractivity contribution < 1.29 is 36.2 Å². The van der Waals surface area contributed by atoms with Crippen LogP contribution in [0, 0.1) is 29.1 Å². The van der Waals surface area contributed by atoms with Crippen molar-refractivity contribution in [3.05, 3.63) is 47.3 Å². The zero-order valence-electron chi connectivity index (χ0n) is 13.0. The van der Waals surface area contributed by atoms with Crippen molar-refractivity contribution in [2.24, 2.45) is 0 Å². The van der Waals surface area contributed by atoms with Gasteiger partial charge in [-0.3, -0.25) is 4.79 Å². The second kappa shape index (κ2) is 7.02. The first kappa shape index (κ1) is 18.3. The second-order valence-electron chi connectivity index (χ2n) is 5.22. The Morgan fingerprint density at radius 1 is 1.00 bits per heavy atom. The smallest absolute Gasteiger partial charge is 0.237 e. The monoisotopic (exact) mass is 391 g/mol. The van der Waals surface area contributed by atoms with Gasteiger partial charge in [0.1, 0.15) is 0 Å². The molecule has 2 aromatic carbocycles. The van der Waals surface area contributed by atoms with Gasteiger partial charge in [-0.25, -0.2) is 22.0 Å². The summed E-state index contributed by atoms with van der Waals surface area (Å²) in [6.07, 6.45) is 0. The summed E-state index contributed by atoms with van der Waals surface area (Å²) in [5, 5.41) is 1.32. The van der Waals surface area contributed by atoms with Crippen LogP contribution < -0.4 is 14.8 Å². The number of fused-ring (bicyclic) bond motifs is 1. The van der Waals surface area contributed by atoms with E-state index in [-0.39, 0.29) is 18.6 Å². The summed E-state index contributed by atoms with van der Waals surface area (Å²) in [6.45, 7) is 1.31. The average Bonchev–Trinajstić information content (AvgIpc) is 3.09. The highest BCUT2D eigenvalue weighted by atomic mass is 32.2. The van der Waals surface area contributed by atoms with E-state index in [0.29, 0.717) is 17.2 Å². The van der Waals surface area contributed by atoms with Gasteiger partial charge in [0.2, 0.25) is 18.5 Å². The SMILES string of the molecule is C[C@@H](Sc1c(F)c(F)c(F)c(F)c1F)C(=O)Nc1ccc2c(c1)OCO2. The largest absolute Gasteiger partial charge is 0.454 e. The van der Waals surface area contributed by atoms with Gasteiger partial charge in [0.05, 0.1) is 10.1 Å². The first-order valence-electron chi connectivity index (χ1n) is 7.18. The number of hydrogen-bond acceptors (Lipinski definition) is 4. The van der Waals surface area contributed by atoms with Gasteiger partial charge in [0, 0.05) is 11.8 Å². The molecule has 4 nitrogen and oxygen atoms in total. The Morgan fingerprint density at radius 3 is 2.23 bits per heavy atom. The molecule has 0 unspecified atom stereocenters. The molecule has 1 heterocycles. The van der Waals surface area contributed by atoms with E-state index >= 15 is 0 Å². The maximum Gasteiger partial charge on any atom is 0.237 e. The second-order valence-corrected chi connectivity index (χ2v) is 6.57. The number of carbonyl (C=O) groups excluding carboxylic acids is 1. The summed E-state index contributed by atoms with van der Waals surface area (Å²) in [5.74, 6) is -10.1. The Kier molecular flexibility index (Phi) is 4.94. The number of ether oxygens (including phenoxy) is 2. The van der Waals surface area contributed by atoms with Gasteiger partial charge >= 0.3 is 0 Å². The summed E-state index contributed by atoms with van der Waals surface area (Å²) in [7, 11) is 0. The van der Waals surface area contributed by atoms with Crippen LogP contribution in [0.3, 0.4) is 0 Å². The van der Waals surface area contributed by atoms with E-state index < -0.39 is 45.1 Å². The van der Waals surface area contributed by atoms with Gasteiger partial charge < -0.3 is 14.8 Å². The summed E-state index contributed by atoms with van der Waals surface area (Å²) >= 11 is 0.222. The Balaban J connectivity index is 1.76. The first-order valence-corrected chi connectivity index (χ1v) is 8.06. The molecule has 0 aliphatic carbocycles. The van der Waals surface area contributed by atoms with Gasteiger partial charge in [-0.2, -0.15) is 0 Å². The Morgan fingerprint density at radius 2 is 1.58 bits per heavy atom. The lowest BCUT2D eigenvalue weighted by Gasteiger charge is -2.14. The highest BCUT2D eigenvalue weighted by Gasteiger charge is 2.28. The van der Waals surface area contributed by atoms with E-state index in [0.717, 1.165) is 0 Å². The fourth-order valence-electron chi connectivity index (χ4n) is 2.14. The van der Waals surface area contributed by atoms with Crippen molar-refractivity contribution in [1.82, 2.24) is 0 Å². The van der Waals surface area contributed by atoms with Crippen LogP contribution in [0.1, 0.15) is 6.92 Å². The van der Waals surface area contributed by atoms with Crippen LogP contribution in [0.25, 0.3) is 0 Å². The van der Waals surface area contributed by atoms with Crippen LogP contribution >= 0.6 is 11.8 Å². The Bertz CT molecular complexity index is 864. The normalized spacial score (nSPS) is 13.6. The molecule has 3 rings (SSSR count). The number of halogens is 5. The maximum absolute atomic E-state index is 13.7. The maximum atomic E-state index is 13.7. The van der Waals surface area contributed by atoms with Crippen molar-refractivity contribution in [2.45, 2.75) is 17.1 Å². The molecular formula is C16H10F5NO3S. The van der Waals surface area contributed by atoms with E-state index in [2.05, 4.69) is 5.32 Å². The first-order chi connectivity index (χ1) is 12.3. The minimum absolute atomic E-state index is 0.0409. The molecule has 10 heteroatoms. The number of benzene rings is 2. The molecule has 1 aliphatic heterocycles. The lowest BCUT2D eigenvalue weighted by Crippen LogP contribution is -2.23. The number of thioether (sulfide) groups is 1. The molecule has 1 atom stereocenters. The molecule has 0 spiro atoms. The lowest BCUT2D eigenvalue weighted by molar-refractivity contribution is -0.115. The predicted octanol–water partition coefficient (Wildman–Crippen LogP) is 4.23. The predicted molar refractivity (Wildman–Crippen MR) is 82.7 cm³/mol. The van der Waals surface area contributed by atoms with E-state index in [1.807, 2.05) is 0 Å². The molecule has 0 radical (unpaired) electrons. The minimum Gasteiger partial charge on any atom is -0.454 e. The van der Waals surface area contributed by atoms with Gasteiger partial charge in [-0.05, 0) is 19.1 Å². The molecule has 1 aliphatic rings. The van der Waals surface area contributed by atoms with E-state index in [1.165, 1.54) is 19.1 Å². The third kappa shape index (κ3) is 3.28. The fourth-order valence-corrected chi connectivity index (χ4v) is 3.04. The van der Waals surface area contributed by atoms with Crippen LogP contribution in [0.15, 0.2) is 23.1 Å². The van der Waals surface area contributed by atoms with E-state index in [9.17, 15) is 26.7 Å². The molecule has 138 valence electrons. The molecule has 0 saturated heterocycles. The molecule has 2 aromatic rings. The minimum atomic E-state index is -2.25. The van der Waals surface area contributed by atoms with Crippen LogP contribution in [0.5, 0.6) is 11.5 Å². The number of nitrogens with one attached hydrogen (secondary N) is 1. The fraction of sp³-hybridized carbons (Fsp3) is 0.188. The van der Waals surface area contributed by atoms with Crippen molar-refractivity contribution in [2.75, 3.05) is 12.1 Å². The molecule has 26 heavy (non-hydrogen) atoms. The quantitative estimate of drug-likeness (QED) is 0.367. The van der Waals surface area contributed by atoms with Gasteiger partial charge in [0.15, 0.2) is 34.8 Å². The molecule has 0 bridgehead atoms. The Hall–Kier alpha value is -2.49. The number of anilines is 1. The third-order valence-electron chi connectivity index (χ3n) is 3.47. The lowest BCUT2D eigenvalue weighted by atomic mass is 10.2. The molecular weight excluding hydrogens is 381 g/mol. The summed E-state index contributed by atoms with van der Waals surface area (Å²) in [4.78, 5) is 11.0. The highest BCUT2D eigenvalue weighted by molar-refractivity contribution is 8.00. The molecule has 0 fully saturated rings. The zero-order chi connectivity index (χ0) is 19.0. The average molecular weight is 391 g/mol. The topological polar surface area (TPSA) is 47.6 Å². The van der Waals surface area contributed by atoms with Gasteiger partial charge in [0.25, 0.3) is 0 Å². The van der Waals surface area contributed by atoms with Crippen molar-refractivity contribution in [3.8, 4) is 11.5 Å². The molecule has 0 saturated carbocycles. The molecule has 0 aromatic heterocycles. The van der Waals surface area contributed by atoms with E-state index in [1.54, 1.807) is 6.07 Å². The van der Waals surface area contributed by atoms with Crippen LogP contribution in [-0.4, -0.2) is 18.0 Å². The summed E-state index contributed by atoms with van der Waals surface area (Å²) in [5.41, 5.74) is 0.323. The number of hydrogen-bond donors (Lipinski definition) is 1. The van der Waals surface area contributed by atoms with Crippen molar-refractivity contribution in [1.29, 1.82) is 0 Å². The third-order valence-corrected chi connectivity index (χ3v) is 4.64. The van der Waals surface area contributed by atoms with Crippen LogP contribution in [0.2, 0.25) is 0 Å². The van der Waals surface area contributed by atoms with E-state index in [4.69, 9.17) is 9.47 Å². The zero-order valence-corrected chi connectivity index (χ0v) is 13.9. The van der Waals surface area contributed by atoms with Gasteiger partial charge in [-0.15, -0.1) is 11.8 Å². The standard InChI is InChI=1S/C16H10F5NO3S/c1-6(26-15-13(20)11(18)10(17)12(19)14(15)21)16(23)22-7-2-3-8-9(4-7)25-5-24-8/h2-4,6H,5H2,1H3,(H,22,23)/t6-/m1/s1. The van der Waals surface area contributed by atoms with Gasteiger partial charge in [-0.1, -0.05) is 0 Å². The molecule has 1 amide bonds. The number of carbonyl (C=O) groups is 1. The Labute approximate surface area is 148 Å². The van der Waals surface area contributed by atoms with Crippen molar-refractivity contribution >= 4 is 23.4 Å². The number of amides is 1. The highest BCUT2D eigenvalue weighted by Crippen LogP contribution is 2.36. The van der Waals surface area contributed by atoms with Crippen LogP contribution in [0.4, 0.5) is 27.6 Å². The summed E-state index contributed by atoms with van der Waals surface area (Å²) < 4.78 is 77.2. The summed E-state index contributed by atoms with van der Waals surface area (Å²) in [6, 6.07) is 4.55. The van der Waals surface area contributed by atoms with Crippen molar-refractivity contribution in [3.63, 3.8) is 0 Å².